The highest BCUT2D eigenvalue weighted by atomic mass is 32.2. The molecule has 1 rings (SSSR count). The Morgan fingerprint density at radius 1 is 1.28 bits per heavy atom. The highest BCUT2D eigenvalue weighted by Crippen LogP contribution is 2.12. The minimum Gasteiger partial charge on any atom is -0.399 e. The predicted octanol–water partition coefficient (Wildman–Crippen LogP) is 2.37. The van der Waals surface area contributed by atoms with Gasteiger partial charge in [0.25, 0.3) is 0 Å². The molecule has 0 atom stereocenters. The molecule has 0 aliphatic rings. The van der Waals surface area contributed by atoms with Crippen molar-refractivity contribution in [3.05, 3.63) is 24.3 Å². The molecule has 0 aliphatic carbocycles. The molecule has 5 heteroatoms. The van der Waals surface area contributed by atoms with E-state index in [0.717, 1.165) is 19.3 Å². The van der Waals surface area contributed by atoms with E-state index in [1.807, 2.05) is 0 Å². The van der Waals surface area contributed by atoms with E-state index in [9.17, 15) is 8.42 Å². The van der Waals surface area contributed by atoms with Gasteiger partial charge in [-0.3, -0.25) is 0 Å². The van der Waals surface area contributed by atoms with Crippen LogP contribution in [-0.4, -0.2) is 15.0 Å². The maximum Gasteiger partial charge on any atom is 0.240 e. The second-order valence-electron chi connectivity index (χ2n) is 4.86. The minimum absolute atomic E-state index is 0.228. The molecule has 0 heterocycles. The number of sulfonamides is 1. The molecule has 0 saturated carbocycles. The molecule has 0 saturated heterocycles. The van der Waals surface area contributed by atoms with Crippen LogP contribution in [0.3, 0.4) is 0 Å². The fourth-order valence-corrected chi connectivity index (χ4v) is 2.78. The lowest BCUT2D eigenvalue weighted by molar-refractivity contribution is 0.530. The summed E-state index contributed by atoms with van der Waals surface area (Å²) in [5.41, 5.74) is 6.03. The number of hydrogen-bond donors (Lipinski definition) is 2. The molecule has 1 aromatic rings. The standard InChI is InChI=1S/C13H22N2O2S/c1-11(2)6-3-4-9-15-18(16,17)13-8-5-7-12(14)10-13/h5,7-8,10-11,15H,3-4,6,9,14H2,1-2H3. The Morgan fingerprint density at radius 2 is 2.00 bits per heavy atom. The number of rotatable bonds is 7. The van der Waals surface area contributed by atoms with Crippen molar-refractivity contribution in [1.29, 1.82) is 0 Å². The summed E-state index contributed by atoms with van der Waals surface area (Å²) in [5.74, 6) is 0.663. The predicted molar refractivity (Wildman–Crippen MR) is 74.7 cm³/mol. The second-order valence-corrected chi connectivity index (χ2v) is 6.63. The van der Waals surface area contributed by atoms with Crippen molar-refractivity contribution in [2.24, 2.45) is 5.92 Å². The fourth-order valence-electron chi connectivity index (χ4n) is 1.65. The van der Waals surface area contributed by atoms with Gasteiger partial charge in [0.1, 0.15) is 0 Å². The molecule has 0 spiro atoms. The largest absolute Gasteiger partial charge is 0.399 e. The zero-order valence-electron chi connectivity index (χ0n) is 11.0. The second kappa shape index (κ2) is 6.75. The third-order valence-electron chi connectivity index (χ3n) is 2.67. The van der Waals surface area contributed by atoms with Gasteiger partial charge in [-0.2, -0.15) is 0 Å². The van der Waals surface area contributed by atoms with Gasteiger partial charge in [0.15, 0.2) is 0 Å². The Labute approximate surface area is 110 Å². The van der Waals surface area contributed by atoms with Crippen LogP contribution < -0.4 is 10.5 Å². The first-order chi connectivity index (χ1) is 8.42. The van der Waals surface area contributed by atoms with E-state index in [1.165, 1.54) is 6.07 Å². The van der Waals surface area contributed by atoms with Gasteiger partial charge in [-0.1, -0.05) is 32.8 Å². The molecule has 0 fully saturated rings. The van der Waals surface area contributed by atoms with Gasteiger partial charge >= 0.3 is 0 Å². The first-order valence-electron chi connectivity index (χ1n) is 6.27. The molecule has 4 nitrogen and oxygen atoms in total. The Hall–Kier alpha value is -1.07. The number of nitrogens with one attached hydrogen (secondary N) is 1. The number of nitrogens with two attached hydrogens (primary N) is 1. The Morgan fingerprint density at radius 3 is 2.61 bits per heavy atom. The summed E-state index contributed by atoms with van der Waals surface area (Å²) in [5, 5.41) is 0. The smallest absolute Gasteiger partial charge is 0.240 e. The summed E-state index contributed by atoms with van der Waals surface area (Å²) < 4.78 is 26.4. The number of nitrogen functional groups attached to an aromatic ring is 1. The zero-order valence-corrected chi connectivity index (χ0v) is 11.8. The summed E-state index contributed by atoms with van der Waals surface area (Å²) in [4.78, 5) is 0.228. The molecule has 3 N–H and O–H groups in total. The maximum atomic E-state index is 11.9. The van der Waals surface area contributed by atoms with Crippen LogP contribution in [-0.2, 0) is 10.0 Å². The fraction of sp³-hybridized carbons (Fsp3) is 0.538. The molecule has 1 aromatic carbocycles. The summed E-state index contributed by atoms with van der Waals surface area (Å²) in [6.45, 7) is 4.80. The van der Waals surface area contributed by atoms with E-state index in [1.54, 1.807) is 18.2 Å². The van der Waals surface area contributed by atoms with Crippen LogP contribution in [0.4, 0.5) is 5.69 Å². The average molecular weight is 270 g/mol. The van der Waals surface area contributed by atoms with Crippen LogP contribution in [0.2, 0.25) is 0 Å². The minimum atomic E-state index is -3.41. The quantitative estimate of drug-likeness (QED) is 0.590. The molecule has 0 unspecified atom stereocenters. The van der Waals surface area contributed by atoms with E-state index in [2.05, 4.69) is 18.6 Å². The number of hydrogen-bond acceptors (Lipinski definition) is 3. The van der Waals surface area contributed by atoms with Crippen molar-refractivity contribution < 1.29 is 8.42 Å². The van der Waals surface area contributed by atoms with E-state index >= 15 is 0 Å². The molecule has 0 bridgehead atoms. The van der Waals surface area contributed by atoms with E-state index < -0.39 is 10.0 Å². The monoisotopic (exact) mass is 270 g/mol. The van der Waals surface area contributed by atoms with Gasteiger partial charge in [-0.05, 0) is 30.5 Å². The van der Waals surface area contributed by atoms with Gasteiger partial charge in [0.05, 0.1) is 4.90 Å². The Bertz CT molecular complexity index is 470. The lowest BCUT2D eigenvalue weighted by Gasteiger charge is -2.08. The van der Waals surface area contributed by atoms with Crippen LogP contribution in [0, 0.1) is 5.92 Å². The molecule has 0 aromatic heterocycles. The lowest BCUT2D eigenvalue weighted by Crippen LogP contribution is -2.24. The number of benzene rings is 1. The van der Waals surface area contributed by atoms with E-state index in [0.29, 0.717) is 18.2 Å². The number of unbranched alkanes of at least 4 members (excludes halogenated alkanes) is 1. The third kappa shape index (κ3) is 5.06. The van der Waals surface area contributed by atoms with Gasteiger partial charge in [0.2, 0.25) is 10.0 Å². The van der Waals surface area contributed by atoms with E-state index in [4.69, 9.17) is 5.73 Å². The zero-order chi connectivity index (χ0) is 13.6. The topological polar surface area (TPSA) is 72.2 Å². The van der Waals surface area contributed by atoms with Crippen LogP contribution in [0.5, 0.6) is 0 Å². The first kappa shape index (κ1) is 15.0. The van der Waals surface area contributed by atoms with Crippen LogP contribution in [0.15, 0.2) is 29.2 Å². The maximum absolute atomic E-state index is 11.9. The van der Waals surface area contributed by atoms with Crippen LogP contribution in [0.1, 0.15) is 33.1 Å². The summed E-state index contributed by atoms with van der Waals surface area (Å²) >= 11 is 0. The summed E-state index contributed by atoms with van der Waals surface area (Å²) in [7, 11) is -3.41. The molecule has 102 valence electrons. The molecular weight excluding hydrogens is 248 g/mol. The van der Waals surface area contributed by atoms with Crippen molar-refractivity contribution in [3.8, 4) is 0 Å². The highest BCUT2D eigenvalue weighted by molar-refractivity contribution is 7.89. The van der Waals surface area contributed by atoms with E-state index in [-0.39, 0.29) is 4.90 Å². The summed E-state index contributed by atoms with van der Waals surface area (Å²) in [6.07, 6.45) is 3.02. The Balaban J connectivity index is 2.46. The summed E-state index contributed by atoms with van der Waals surface area (Å²) in [6, 6.07) is 6.33. The lowest BCUT2D eigenvalue weighted by atomic mass is 10.1. The normalized spacial score (nSPS) is 11.9. The average Bonchev–Trinajstić information content (AvgIpc) is 2.28. The van der Waals surface area contributed by atoms with Crippen LogP contribution >= 0.6 is 0 Å². The molecule has 18 heavy (non-hydrogen) atoms. The van der Waals surface area contributed by atoms with Crippen molar-refractivity contribution >= 4 is 15.7 Å². The van der Waals surface area contributed by atoms with Crippen molar-refractivity contribution in [2.75, 3.05) is 12.3 Å². The van der Waals surface area contributed by atoms with Crippen molar-refractivity contribution in [2.45, 2.75) is 38.0 Å². The SMILES string of the molecule is CC(C)CCCCNS(=O)(=O)c1cccc(N)c1. The Kier molecular flexibility index (Phi) is 5.62. The van der Waals surface area contributed by atoms with Gasteiger partial charge in [0, 0.05) is 12.2 Å². The molecule has 0 amide bonds. The molecule has 0 radical (unpaired) electrons. The third-order valence-corrected chi connectivity index (χ3v) is 4.13. The first-order valence-corrected chi connectivity index (χ1v) is 7.75. The van der Waals surface area contributed by atoms with Crippen LogP contribution in [0.25, 0.3) is 0 Å². The molecule has 0 aliphatic heterocycles. The van der Waals surface area contributed by atoms with Crippen molar-refractivity contribution in [1.82, 2.24) is 4.72 Å². The van der Waals surface area contributed by atoms with Gasteiger partial charge in [-0.25, -0.2) is 13.1 Å². The number of anilines is 1. The highest BCUT2D eigenvalue weighted by Gasteiger charge is 2.12. The molecular formula is C13H22N2O2S. The van der Waals surface area contributed by atoms with Crippen molar-refractivity contribution in [3.63, 3.8) is 0 Å². The van der Waals surface area contributed by atoms with Gasteiger partial charge in [-0.15, -0.1) is 0 Å². The van der Waals surface area contributed by atoms with Gasteiger partial charge < -0.3 is 5.73 Å².